The minimum absolute atomic E-state index is 0.210. The number of carbonyl (C=O) groups is 1. The fraction of sp³-hybridized carbons (Fsp3) is 0.467. The first-order valence-corrected chi connectivity index (χ1v) is 7.50. The summed E-state index contributed by atoms with van der Waals surface area (Å²) in [4.78, 5) is 16.3. The van der Waals surface area contributed by atoms with Crippen LogP contribution in [0.1, 0.15) is 29.9 Å². The SMILES string of the molecule is CCOC(Cn1cc(C(=O)Nc2ncccc2C)nn1)OCC. The summed E-state index contributed by atoms with van der Waals surface area (Å²) in [7, 11) is 0. The number of hydrogen-bond acceptors (Lipinski definition) is 6. The lowest BCUT2D eigenvalue weighted by molar-refractivity contribution is -0.145. The summed E-state index contributed by atoms with van der Waals surface area (Å²) in [5.41, 5.74) is 1.09. The second kappa shape index (κ2) is 8.35. The van der Waals surface area contributed by atoms with E-state index in [9.17, 15) is 4.79 Å². The molecule has 0 bridgehead atoms. The number of rotatable bonds is 8. The van der Waals surface area contributed by atoms with Crippen LogP contribution in [0, 0.1) is 6.92 Å². The van der Waals surface area contributed by atoms with Gasteiger partial charge in [-0.3, -0.25) is 4.79 Å². The number of nitrogens with one attached hydrogen (secondary N) is 1. The van der Waals surface area contributed by atoms with E-state index >= 15 is 0 Å². The molecule has 124 valence electrons. The van der Waals surface area contributed by atoms with Crippen molar-refractivity contribution in [3.63, 3.8) is 0 Å². The van der Waals surface area contributed by atoms with Gasteiger partial charge in [0.2, 0.25) is 0 Å². The molecular formula is C15H21N5O3. The van der Waals surface area contributed by atoms with Crippen LogP contribution in [0.5, 0.6) is 0 Å². The summed E-state index contributed by atoms with van der Waals surface area (Å²) < 4.78 is 12.4. The Balaban J connectivity index is 2.00. The van der Waals surface area contributed by atoms with Crippen molar-refractivity contribution in [1.82, 2.24) is 20.0 Å². The standard InChI is InChI=1S/C15H21N5O3/c1-4-22-13(23-5-2)10-20-9-12(18-19-20)15(21)17-14-11(3)7-6-8-16-14/h6-9,13H,4-5,10H2,1-3H3,(H,16,17,21). The van der Waals surface area contributed by atoms with Crippen LogP contribution in [-0.2, 0) is 16.0 Å². The van der Waals surface area contributed by atoms with Crippen molar-refractivity contribution in [3.05, 3.63) is 35.8 Å². The third-order valence-corrected chi connectivity index (χ3v) is 3.05. The van der Waals surface area contributed by atoms with E-state index in [1.165, 1.54) is 4.68 Å². The molecule has 0 spiro atoms. The van der Waals surface area contributed by atoms with Crippen molar-refractivity contribution in [2.75, 3.05) is 18.5 Å². The van der Waals surface area contributed by atoms with E-state index in [0.717, 1.165) is 5.56 Å². The van der Waals surface area contributed by atoms with Gasteiger partial charge in [0.1, 0.15) is 5.82 Å². The zero-order valence-electron chi connectivity index (χ0n) is 13.5. The highest BCUT2D eigenvalue weighted by Gasteiger charge is 2.15. The third kappa shape index (κ3) is 4.83. The lowest BCUT2D eigenvalue weighted by Crippen LogP contribution is -2.24. The monoisotopic (exact) mass is 319 g/mol. The Hall–Kier alpha value is -2.32. The van der Waals surface area contributed by atoms with Crippen LogP contribution in [0.25, 0.3) is 0 Å². The molecule has 0 aliphatic carbocycles. The molecule has 2 aromatic rings. The molecule has 1 N–H and O–H groups in total. The summed E-state index contributed by atoms with van der Waals surface area (Å²) in [6, 6.07) is 3.68. The number of anilines is 1. The molecule has 0 aromatic carbocycles. The van der Waals surface area contributed by atoms with Gasteiger partial charge in [0.25, 0.3) is 5.91 Å². The number of amides is 1. The zero-order chi connectivity index (χ0) is 16.7. The molecule has 8 nitrogen and oxygen atoms in total. The van der Waals surface area contributed by atoms with Gasteiger partial charge in [-0.05, 0) is 32.4 Å². The van der Waals surface area contributed by atoms with Crippen LogP contribution >= 0.6 is 0 Å². The fourth-order valence-corrected chi connectivity index (χ4v) is 1.96. The quantitative estimate of drug-likeness (QED) is 0.744. The van der Waals surface area contributed by atoms with Crippen LogP contribution in [0.3, 0.4) is 0 Å². The molecule has 23 heavy (non-hydrogen) atoms. The lowest BCUT2D eigenvalue weighted by Gasteiger charge is -2.16. The van der Waals surface area contributed by atoms with Crippen LogP contribution < -0.4 is 5.32 Å². The molecule has 0 fully saturated rings. The summed E-state index contributed by atoms with van der Waals surface area (Å²) in [5, 5.41) is 10.5. The minimum atomic E-state index is -0.416. The van der Waals surface area contributed by atoms with Gasteiger partial charge in [0, 0.05) is 19.4 Å². The molecule has 2 aromatic heterocycles. The molecule has 0 saturated heterocycles. The second-order valence-electron chi connectivity index (χ2n) is 4.79. The van der Waals surface area contributed by atoms with Crippen LogP contribution in [0.4, 0.5) is 5.82 Å². The topological polar surface area (TPSA) is 91.2 Å². The molecule has 0 aliphatic heterocycles. The Morgan fingerprint density at radius 3 is 2.74 bits per heavy atom. The highest BCUT2D eigenvalue weighted by atomic mass is 16.7. The predicted molar refractivity (Wildman–Crippen MR) is 84.0 cm³/mol. The third-order valence-electron chi connectivity index (χ3n) is 3.05. The molecule has 8 heteroatoms. The summed E-state index contributed by atoms with van der Waals surface area (Å²) in [5.74, 6) is 0.149. The van der Waals surface area contributed by atoms with Gasteiger partial charge in [0.15, 0.2) is 12.0 Å². The summed E-state index contributed by atoms with van der Waals surface area (Å²) in [6.07, 6.45) is 2.76. The second-order valence-corrected chi connectivity index (χ2v) is 4.79. The van der Waals surface area contributed by atoms with E-state index in [0.29, 0.717) is 25.6 Å². The molecule has 0 atom stereocenters. The molecule has 2 heterocycles. The Kier molecular flexibility index (Phi) is 6.19. The first-order chi connectivity index (χ1) is 11.1. The highest BCUT2D eigenvalue weighted by Crippen LogP contribution is 2.10. The molecule has 0 aliphatic rings. The normalized spacial score (nSPS) is 11.0. The number of nitrogens with zero attached hydrogens (tertiary/aromatic N) is 4. The summed E-state index contributed by atoms with van der Waals surface area (Å²) >= 11 is 0. The number of hydrogen-bond donors (Lipinski definition) is 1. The number of ether oxygens (including phenoxy) is 2. The van der Waals surface area contributed by atoms with Crippen LogP contribution in [-0.4, -0.2) is 45.4 Å². The van der Waals surface area contributed by atoms with Gasteiger partial charge in [-0.15, -0.1) is 5.10 Å². The van der Waals surface area contributed by atoms with E-state index in [-0.39, 0.29) is 11.6 Å². The van der Waals surface area contributed by atoms with Crippen molar-refractivity contribution >= 4 is 11.7 Å². The molecule has 0 saturated carbocycles. The van der Waals surface area contributed by atoms with Crippen molar-refractivity contribution in [2.24, 2.45) is 0 Å². The maximum atomic E-state index is 12.2. The number of aryl methyl sites for hydroxylation is 1. The maximum absolute atomic E-state index is 12.2. The number of carbonyl (C=O) groups excluding carboxylic acids is 1. The van der Waals surface area contributed by atoms with Crippen molar-refractivity contribution in [3.8, 4) is 0 Å². The Bertz CT molecular complexity index is 638. The smallest absolute Gasteiger partial charge is 0.279 e. The molecule has 0 radical (unpaired) electrons. The van der Waals surface area contributed by atoms with Crippen molar-refractivity contribution < 1.29 is 14.3 Å². The highest BCUT2D eigenvalue weighted by molar-refractivity contribution is 6.02. The first-order valence-electron chi connectivity index (χ1n) is 7.50. The van der Waals surface area contributed by atoms with Gasteiger partial charge in [-0.25, -0.2) is 9.67 Å². The lowest BCUT2D eigenvalue weighted by atomic mass is 10.3. The largest absolute Gasteiger partial charge is 0.351 e. The Morgan fingerprint density at radius 2 is 2.09 bits per heavy atom. The van der Waals surface area contributed by atoms with E-state index < -0.39 is 6.29 Å². The van der Waals surface area contributed by atoms with Crippen molar-refractivity contribution in [2.45, 2.75) is 33.6 Å². The van der Waals surface area contributed by atoms with Crippen LogP contribution in [0.2, 0.25) is 0 Å². The van der Waals surface area contributed by atoms with Crippen molar-refractivity contribution in [1.29, 1.82) is 0 Å². The maximum Gasteiger partial charge on any atom is 0.279 e. The van der Waals surface area contributed by atoms with E-state index in [1.54, 1.807) is 12.4 Å². The van der Waals surface area contributed by atoms with Gasteiger partial charge < -0.3 is 14.8 Å². The first kappa shape index (κ1) is 17.0. The summed E-state index contributed by atoms with van der Waals surface area (Å²) in [6.45, 7) is 7.08. The number of pyridine rings is 1. The van der Waals surface area contributed by atoms with E-state index in [1.807, 2.05) is 32.9 Å². The van der Waals surface area contributed by atoms with Gasteiger partial charge in [0.05, 0.1) is 12.7 Å². The Labute approximate surface area is 134 Å². The average Bonchev–Trinajstić information content (AvgIpc) is 2.99. The molecule has 2 rings (SSSR count). The predicted octanol–water partition coefficient (Wildman–Crippen LogP) is 1.63. The zero-order valence-corrected chi connectivity index (χ0v) is 13.5. The van der Waals surface area contributed by atoms with Gasteiger partial charge in [-0.1, -0.05) is 11.3 Å². The molecule has 1 amide bonds. The molecule has 0 unspecified atom stereocenters. The fourth-order valence-electron chi connectivity index (χ4n) is 1.96. The van der Waals surface area contributed by atoms with Gasteiger partial charge >= 0.3 is 0 Å². The molecular weight excluding hydrogens is 298 g/mol. The van der Waals surface area contributed by atoms with E-state index in [2.05, 4.69) is 20.6 Å². The van der Waals surface area contributed by atoms with Gasteiger partial charge in [-0.2, -0.15) is 0 Å². The minimum Gasteiger partial charge on any atom is -0.351 e. The number of aromatic nitrogens is 4. The average molecular weight is 319 g/mol. The van der Waals surface area contributed by atoms with E-state index in [4.69, 9.17) is 9.47 Å². The Morgan fingerprint density at radius 1 is 1.35 bits per heavy atom. The van der Waals surface area contributed by atoms with Crippen LogP contribution in [0.15, 0.2) is 24.5 Å².